The molecule has 1 aliphatic rings. The minimum Gasteiger partial charge on any atom is -0.491 e. The summed E-state index contributed by atoms with van der Waals surface area (Å²) in [7, 11) is 0. The molecule has 2 aromatic carbocycles. The number of aromatic nitrogens is 3. The smallest absolute Gasteiger partial charge is 0.279 e. The molecule has 2 N–H and O–H groups in total. The van der Waals surface area contributed by atoms with Gasteiger partial charge in [0, 0.05) is 6.54 Å². The van der Waals surface area contributed by atoms with Crippen LogP contribution in [0.1, 0.15) is 23.3 Å². The van der Waals surface area contributed by atoms with Crippen LogP contribution < -0.4 is 5.32 Å². The average molecular weight is 406 g/mol. The van der Waals surface area contributed by atoms with E-state index in [0.717, 1.165) is 17.5 Å². The first-order valence-corrected chi connectivity index (χ1v) is 8.73. The summed E-state index contributed by atoms with van der Waals surface area (Å²) in [6.07, 6.45) is 1.81. The average Bonchev–Trinajstić information content (AvgIpc) is 3.45. The van der Waals surface area contributed by atoms with Gasteiger partial charge >= 0.3 is 0 Å². The fourth-order valence-corrected chi connectivity index (χ4v) is 2.97. The number of carbonyl (C=O) groups excluding carboxylic acids is 1. The highest BCUT2D eigenvalue weighted by molar-refractivity contribution is 6.04. The predicted molar refractivity (Wildman–Crippen MR) is 94.1 cm³/mol. The Balaban J connectivity index is 1.71. The van der Waals surface area contributed by atoms with Gasteiger partial charge in [-0.05, 0) is 24.3 Å². The first-order chi connectivity index (χ1) is 13.9. The minimum atomic E-state index is -1.77. The van der Waals surface area contributed by atoms with Gasteiger partial charge in [-0.2, -0.15) is 0 Å². The highest BCUT2D eigenvalue weighted by Crippen LogP contribution is 2.35. The van der Waals surface area contributed by atoms with Crippen molar-refractivity contribution in [1.82, 2.24) is 15.0 Å². The van der Waals surface area contributed by atoms with Crippen molar-refractivity contribution in [2.24, 2.45) is 5.92 Å². The topological polar surface area (TPSA) is 80.0 Å². The van der Waals surface area contributed by atoms with Gasteiger partial charge in [0.05, 0.1) is 5.56 Å². The molecule has 4 rings (SSSR count). The Kier molecular flexibility index (Phi) is 4.69. The third-order valence-corrected chi connectivity index (χ3v) is 4.62. The summed E-state index contributed by atoms with van der Waals surface area (Å²) < 4.78 is 59.1. The van der Waals surface area contributed by atoms with E-state index in [1.165, 1.54) is 24.3 Å². The zero-order chi connectivity index (χ0) is 20.7. The number of carbonyl (C=O) groups is 1. The third kappa shape index (κ3) is 3.41. The lowest BCUT2D eigenvalue weighted by atomic mass is 10.0. The number of anilines is 1. The second-order valence-corrected chi connectivity index (χ2v) is 6.71. The van der Waals surface area contributed by atoms with Crippen LogP contribution in [0, 0.1) is 29.2 Å². The molecule has 0 unspecified atom stereocenters. The van der Waals surface area contributed by atoms with Gasteiger partial charge in [0.15, 0.2) is 29.0 Å². The predicted octanol–water partition coefficient (Wildman–Crippen LogP) is 3.87. The maximum atomic E-state index is 14.5. The second kappa shape index (κ2) is 7.19. The molecule has 1 aliphatic carbocycles. The van der Waals surface area contributed by atoms with Gasteiger partial charge in [-0.1, -0.05) is 40.6 Å². The monoisotopic (exact) mass is 406 g/mol. The van der Waals surface area contributed by atoms with E-state index in [0.29, 0.717) is 0 Å². The zero-order valence-electron chi connectivity index (χ0n) is 14.8. The minimum absolute atomic E-state index is 0.0671. The first-order valence-electron chi connectivity index (χ1n) is 8.73. The number of benzene rings is 2. The molecule has 0 saturated heterocycles. The summed E-state index contributed by atoms with van der Waals surface area (Å²) in [4.78, 5) is 12.5. The quantitative estimate of drug-likeness (QED) is 0.498. The van der Waals surface area contributed by atoms with E-state index in [-0.39, 0.29) is 18.0 Å². The lowest BCUT2D eigenvalue weighted by Gasteiger charge is -2.13. The summed E-state index contributed by atoms with van der Waals surface area (Å²) in [5.74, 6) is -8.55. The molecule has 1 amide bonds. The van der Waals surface area contributed by atoms with Gasteiger partial charge in [-0.3, -0.25) is 4.79 Å². The van der Waals surface area contributed by atoms with E-state index in [1.54, 1.807) is 11.4 Å². The van der Waals surface area contributed by atoms with Crippen LogP contribution in [-0.2, 0) is 6.54 Å². The molecule has 0 bridgehead atoms. The molecule has 10 heteroatoms. The molecule has 3 aromatic rings. The Bertz CT molecular complexity index is 1070. The molecule has 1 saturated carbocycles. The molecule has 0 radical (unpaired) electrons. The summed E-state index contributed by atoms with van der Waals surface area (Å²) in [6.45, 7) is 0.275. The van der Waals surface area contributed by atoms with Gasteiger partial charge in [0.1, 0.15) is 5.69 Å². The van der Waals surface area contributed by atoms with Crippen molar-refractivity contribution in [3.8, 4) is 17.0 Å². The number of hydrogen-bond donors (Lipinski definition) is 2. The lowest BCUT2D eigenvalue weighted by Crippen LogP contribution is -2.21. The zero-order valence-corrected chi connectivity index (χ0v) is 14.8. The summed E-state index contributed by atoms with van der Waals surface area (Å²) >= 11 is 0. The summed E-state index contributed by atoms with van der Waals surface area (Å²) in [6, 6.07) is 7.07. The van der Waals surface area contributed by atoms with Crippen molar-refractivity contribution in [2.45, 2.75) is 19.4 Å². The van der Waals surface area contributed by atoms with Gasteiger partial charge in [0.2, 0.25) is 0 Å². The number of hydrogen-bond acceptors (Lipinski definition) is 4. The SMILES string of the molecule is O=C(Nc1c(F)c(F)c(-c2ccccc2)c(F)c1F)c1c(O)nnn1CC1CC1. The number of halogens is 4. The lowest BCUT2D eigenvalue weighted by molar-refractivity contribution is 0.101. The van der Waals surface area contributed by atoms with E-state index in [9.17, 15) is 27.5 Å². The molecular formula is C19H14F4N4O2. The van der Waals surface area contributed by atoms with Crippen LogP contribution in [0.25, 0.3) is 11.1 Å². The van der Waals surface area contributed by atoms with Crippen molar-refractivity contribution in [3.05, 3.63) is 59.3 Å². The summed E-state index contributed by atoms with van der Waals surface area (Å²) in [5, 5.41) is 18.5. The maximum Gasteiger partial charge on any atom is 0.279 e. The van der Waals surface area contributed by atoms with Crippen molar-refractivity contribution in [2.75, 3.05) is 5.32 Å². The Morgan fingerprint density at radius 2 is 1.69 bits per heavy atom. The number of nitrogens with zero attached hydrogens (tertiary/aromatic N) is 3. The van der Waals surface area contributed by atoms with Gasteiger partial charge < -0.3 is 10.4 Å². The van der Waals surface area contributed by atoms with E-state index in [2.05, 4.69) is 10.3 Å². The van der Waals surface area contributed by atoms with Gasteiger partial charge in [-0.15, -0.1) is 0 Å². The summed E-state index contributed by atoms with van der Waals surface area (Å²) in [5.41, 5.74) is -2.71. The highest BCUT2D eigenvalue weighted by atomic mass is 19.2. The van der Waals surface area contributed by atoms with E-state index < -0.39 is 52.0 Å². The molecular weight excluding hydrogens is 392 g/mol. The second-order valence-electron chi connectivity index (χ2n) is 6.71. The van der Waals surface area contributed by atoms with Crippen LogP contribution in [0.2, 0.25) is 0 Å². The highest BCUT2D eigenvalue weighted by Gasteiger charge is 2.31. The third-order valence-electron chi connectivity index (χ3n) is 4.62. The Hall–Kier alpha value is -3.43. The number of amides is 1. The standard InChI is InChI=1S/C19H14F4N4O2/c20-12-11(10-4-2-1-3-5-10)13(21)15(23)16(14(12)22)24-18(28)17-19(29)25-26-27(17)8-9-6-7-9/h1-5,9,29H,6-8H2,(H,24,28). The fraction of sp³-hybridized carbons (Fsp3) is 0.211. The molecule has 29 heavy (non-hydrogen) atoms. The molecule has 1 fully saturated rings. The van der Waals surface area contributed by atoms with Crippen LogP contribution in [0.4, 0.5) is 23.2 Å². The molecule has 0 spiro atoms. The Morgan fingerprint density at radius 1 is 1.07 bits per heavy atom. The normalized spacial score (nSPS) is 13.5. The van der Waals surface area contributed by atoms with Crippen LogP contribution in [0.15, 0.2) is 30.3 Å². The molecule has 0 atom stereocenters. The maximum absolute atomic E-state index is 14.5. The van der Waals surface area contributed by atoms with Gasteiger partial charge in [0.25, 0.3) is 11.8 Å². The Morgan fingerprint density at radius 3 is 2.28 bits per heavy atom. The number of rotatable bonds is 5. The van der Waals surface area contributed by atoms with Crippen molar-refractivity contribution in [1.29, 1.82) is 0 Å². The van der Waals surface area contributed by atoms with Crippen molar-refractivity contribution in [3.63, 3.8) is 0 Å². The Labute approximate surface area is 161 Å². The van der Waals surface area contributed by atoms with Crippen LogP contribution in [-0.4, -0.2) is 26.0 Å². The number of nitrogens with one attached hydrogen (secondary N) is 1. The van der Waals surface area contributed by atoms with E-state index in [1.807, 2.05) is 0 Å². The first kappa shape index (κ1) is 18.9. The molecule has 1 heterocycles. The molecule has 1 aromatic heterocycles. The largest absolute Gasteiger partial charge is 0.491 e. The fourth-order valence-electron chi connectivity index (χ4n) is 2.97. The number of aromatic hydroxyl groups is 1. The van der Waals surface area contributed by atoms with Crippen molar-refractivity contribution < 1.29 is 27.5 Å². The van der Waals surface area contributed by atoms with Crippen LogP contribution in [0.3, 0.4) is 0 Å². The molecule has 0 aliphatic heterocycles. The van der Waals surface area contributed by atoms with Crippen molar-refractivity contribution >= 4 is 11.6 Å². The van der Waals surface area contributed by atoms with E-state index in [4.69, 9.17) is 0 Å². The molecule has 150 valence electrons. The van der Waals surface area contributed by atoms with E-state index >= 15 is 0 Å². The van der Waals surface area contributed by atoms with Crippen LogP contribution in [0.5, 0.6) is 5.88 Å². The molecule has 6 nitrogen and oxygen atoms in total. The van der Waals surface area contributed by atoms with Crippen LogP contribution >= 0.6 is 0 Å². The van der Waals surface area contributed by atoms with Gasteiger partial charge in [-0.25, -0.2) is 22.2 Å².